The molecule has 0 aliphatic carbocycles. The Hall–Kier alpha value is -2.48. The van der Waals surface area contributed by atoms with Gasteiger partial charge in [0.2, 0.25) is 0 Å². The number of aryl methyl sites for hydroxylation is 1. The van der Waals surface area contributed by atoms with Crippen LogP contribution in [-0.2, 0) is 16.1 Å². The molecular weight excluding hydrogens is 378 g/mol. The summed E-state index contributed by atoms with van der Waals surface area (Å²) in [7, 11) is 0. The van der Waals surface area contributed by atoms with Crippen molar-refractivity contribution in [1.29, 1.82) is 0 Å². The third kappa shape index (κ3) is 4.51. The lowest BCUT2D eigenvalue weighted by atomic mass is 10.2. The highest BCUT2D eigenvalue weighted by atomic mass is 79.9. The number of rotatable bonds is 6. The Bertz CT molecular complexity index is 785. The van der Waals surface area contributed by atoms with Gasteiger partial charge in [-0.15, -0.1) is 0 Å². The zero-order valence-electron chi connectivity index (χ0n) is 13.2. The fourth-order valence-electron chi connectivity index (χ4n) is 2.13. The molecule has 24 heavy (non-hydrogen) atoms. The summed E-state index contributed by atoms with van der Waals surface area (Å²) in [6, 6.07) is 7.46. The van der Waals surface area contributed by atoms with Crippen LogP contribution in [0.4, 0.5) is 5.82 Å². The number of hydrogen-bond acceptors (Lipinski definition) is 5. The number of carbonyl (C=O) groups is 1. The molecule has 1 unspecified atom stereocenters. The predicted molar refractivity (Wildman–Crippen MR) is 92.3 cm³/mol. The second-order valence-corrected chi connectivity index (χ2v) is 5.99. The second kappa shape index (κ2) is 7.87. The summed E-state index contributed by atoms with van der Waals surface area (Å²) >= 11 is 3.39. The van der Waals surface area contributed by atoms with Gasteiger partial charge < -0.3 is 14.9 Å². The maximum atomic E-state index is 11.9. The van der Waals surface area contributed by atoms with E-state index in [1.807, 2.05) is 24.3 Å². The zero-order chi connectivity index (χ0) is 17.7. The highest BCUT2D eigenvalue weighted by Crippen LogP contribution is 2.18. The van der Waals surface area contributed by atoms with Crippen LogP contribution in [0.5, 0.6) is 0 Å². The molecule has 8 heteroatoms. The second-order valence-electron chi connectivity index (χ2n) is 5.13. The molecule has 126 valence electrons. The molecule has 1 heterocycles. The van der Waals surface area contributed by atoms with Crippen molar-refractivity contribution in [3.63, 3.8) is 0 Å². The van der Waals surface area contributed by atoms with E-state index in [0.717, 1.165) is 10.0 Å². The highest BCUT2D eigenvalue weighted by Gasteiger charge is 2.21. The molecular formula is C16H16BrN3O4. The predicted octanol–water partition coefficient (Wildman–Crippen LogP) is 3.51. The summed E-state index contributed by atoms with van der Waals surface area (Å²) in [4.78, 5) is 26.2. The molecule has 7 nitrogen and oxygen atoms in total. The molecule has 0 bridgehead atoms. The van der Waals surface area contributed by atoms with E-state index in [0.29, 0.717) is 5.82 Å². The first-order valence-electron chi connectivity index (χ1n) is 7.18. The Labute approximate surface area is 147 Å². The fraction of sp³-hybridized carbons (Fsp3) is 0.250. The molecule has 0 aliphatic heterocycles. The number of ether oxygens (including phenoxy) is 1. The van der Waals surface area contributed by atoms with E-state index in [4.69, 9.17) is 4.74 Å². The van der Waals surface area contributed by atoms with Gasteiger partial charge in [0.05, 0.1) is 0 Å². The van der Waals surface area contributed by atoms with Crippen LogP contribution in [0, 0.1) is 17.0 Å². The first-order chi connectivity index (χ1) is 11.4. The fourth-order valence-corrected chi connectivity index (χ4v) is 2.54. The van der Waals surface area contributed by atoms with Gasteiger partial charge in [0.15, 0.2) is 5.82 Å². The number of aromatic nitrogens is 2. The third-order valence-electron chi connectivity index (χ3n) is 3.28. The monoisotopic (exact) mass is 393 g/mol. The summed E-state index contributed by atoms with van der Waals surface area (Å²) < 4.78 is 7.54. The summed E-state index contributed by atoms with van der Waals surface area (Å²) in [5, 5.41) is 11.0. The summed E-state index contributed by atoms with van der Waals surface area (Å²) in [6.45, 7) is 3.50. The van der Waals surface area contributed by atoms with Gasteiger partial charge in [-0.05, 0) is 29.6 Å². The largest absolute Gasteiger partial charge is 0.455 e. The SMILES string of the molecule is Cc1ncc([N+](=O)[O-])n1CC(C)OC(=O)/C=C/c1ccccc1Br. The molecule has 0 fully saturated rings. The number of hydrogen-bond donors (Lipinski definition) is 0. The van der Waals surface area contributed by atoms with Gasteiger partial charge in [0, 0.05) is 17.5 Å². The van der Waals surface area contributed by atoms with Gasteiger partial charge in [-0.2, -0.15) is 0 Å². The molecule has 0 radical (unpaired) electrons. The van der Waals surface area contributed by atoms with Gasteiger partial charge >= 0.3 is 11.8 Å². The standard InChI is InChI=1S/C16H16BrN3O4/c1-11(10-19-12(2)18-9-15(19)20(22)23)24-16(21)8-7-13-5-3-4-6-14(13)17/h3-9,11H,10H2,1-2H3/b8-7+. The minimum Gasteiger partial charge on any atom is -0.455 e. The van der Waals surface area contributed by atoms with Crippen molar-refractivity contribution in [3.05, 3.63) is 62.5 Å². The van der Waals surface area contributed by atoms with Crippen molar-refractivity contribution in [3.8, 4) is 0 Å². The number of nitro groups is 1. The van der Waals surface area contributed by atoms with E-state index >= 15 is 0 Å². The van der Waals surface area contributed by atoms with Crippen LogP contribution in [0.2, 0.25) is 0 Å². The van der Waals surface area contributed by atoms with Crippen molar-refractivity contribution in [2.75, 3.05) is 0 Å². The number of esters is 1. The van der Waals surface area contributed by atoms with Crippen molar-refractivity contribution in [2.45, 2.75) is 26.5 Å². The molecule has 2 aromatic rings. The van der Waals surface area contributed by atoms with Gasteiger partial charge in [0.25, 0.3) is 0 Å². The van der Waals surface area contributed by atoms with Crippen molar-refractivity contribution < 1.29 is 14.5 Å². The van der Waals surface area contributed by atoms with Crippen LogP contribution >= 0.6 is 15.9 Å². The number of imidazole rings is 1. The molecule has 0 saturated carbocycles. The maximum absolute atomic E-state index is 11.9. The van der Waals surface area contributed by atoms with Gasteiger partial charge in [0.1, 0.15) is 18.8 Å². The first-order valence-corrected chi connectivity index (χ1v) is 7.97. The number of carbonyl (C=O) groups excluding carboxylic acids is 1. The Kier molecular flexibility index (Phi) is 5.86. The van der Waals surface area contributed by atoms with Gasteiger partial charge in [-0.25, -0.2) is 14.3 Å². The van der Waals surface area contributed by atoms with E-state index in [2.05, 4.69) is 20.9 Å². The molecule has 0 amide bonds. The van der Waals surface area contributed by atoms with Crippen LogP contribution < -0.4 is 0 Å². The molecule has 1 aromatic heterocycles. The number of benzene rings is 1. The lowest BCUT2D eigenvalue weighted by Crippen LogP contribution is -2.21. The van der Waals surface area contributed by atoms with Gasteiger partial charge in [-0.1, -0.05) is 34.1 Å². The average Bonchev–Trinajstić information content (AvgIpc) is 2.87. The molecule has 2 rings (SSSR count). The third-order valence-corrected chi connectivity index (χ3v) is 4.00. The van der Waals surface area contributed by atoms with Crippen LogP contribution in [0.15, 0.2) is 41.0 Å². The van der Waals surface area contributed by atoms with Crippen LogP contribution in [-0.4, -0.2) is 26.5 Å². The maximum Gasteiger partial charge on any atom is 0.342 e. The van der Waals surface area contributed by atoms with Gasteiger partial charge in [-0.3, -0.25) is 0 Å². The van der Waals surface area contributed by atoms with Crippen LogP contribution in [0.1, 0.15) is 18.3 Å². The average molecular weight is 394 g/mol. The lowest BCUT2D eigenvalue weighted by molar-refractivity contribution is -0.392. The number of nitrogens with zero attached hydrogens (tertiary/aromatic N) is 3. The Balaban J connectivity index is 1.99. The Morgan fingerprint density at radius 2 is 2.21 bits per heavy atom. The minimum absolute atomic E-state index is 0.126. The molecule has 0 spiro atoms. The Morgan fingerprint density at radius 3 is 2.88 bits per heavy atom. The topological polar surface area (TPSA) is 87.3 Å². The van der Waals surface area contributed by atoms with Crippen LogP contribution in [0.25, 0.3) is 6.08 Å². The lowest BCUT2D eigenvalue weighted by Gasteiger charge is -2.11. The first kappa shape index (κ1) is 17.9. The van der Waals surface area contributed by atoms with E-state index in [1.54, 1.807) is 19.9 Å². The van der Waals surface area contributed by atoms with E-state index in [1.165, 1.54) is 16.8 Å². The molecule has 0 N–H and O–H groups in total. The van der Waals surface area contributed by atoms with E-state index in [-0.39, 0.29) is 12.4 Å². The molecule has 1 atom stereocenters. The van der Waals surface area contributed by atoms with Crippen molar-refractivity contribution in [2.24, 2.45) is 0 Å². The quantitative estimate of drug-likeness (QED) is 0.324. The normalized spacial score (nSPS) is 12.3. The van der Waals surface area contributed by atoms with E-state index < -0.39 is 17.0 Å². The zero-order valence-corrected chi connectivity index (χ0v) is 14.8. The summed E-state index contributed by atoms with van der Waals surface area (Å²) in [5.41, 5.74) is 0.850. The highest BCUT2D eigenvalue weighted by molar-refractivity contribution is 9.10. The van der Waals surface area contributed by atoms with Crippen molar-refractivity contribution in [1.82, 2.24) is 9.55 Å². The van der Waals surface area contributed by atoms with E-state index in [9.17, 15) is 14.9 Å². The summed E-state index contributed by atoms with van der Waals surface area (Å²) in [6.07, 6.45) is 3.62. The Morgan fingerprint density at radius 1 is 1.50 bits per heavy atom. The van der Waals surface area contributed by atoms with Crippen LogP contribution in [0.3, 0.4) is 0 Å². The van der Waals surface area contributed by atoms with Crippen molar-refractivity contribution >= 4 is 33.8 Å². The smallest absolute Gasteiger partial charge is 0.342 e. The molecule has 0 aliphatic rings. The number of halogens is 1. The summed E-state index contributed by atoms with van der Waals surface area (Å²) in [5.74, 6) is -0.147. The molecule has 1 aromatic carbocycles. The minimum atomic E-state index is -0.534. The molecule has 0 saturated heterocycles.